The molecule has 0 saturated carbocycles. The molecule has 4 heteroatoms. The van der Waals surface area contributed by atoms with Crippen LogP contribution < -0.4 is 5.32 Å². The van der Waals surface area contributed by atoms with E-state index in [0.29, 0.717) is 6.54 Å². The summed E-state index contributed by atoms with van der Waals surface area (Å²) in [5.74, 6) is 0. The highest BCUT2D eigenvalue weighted by Gasteiger charge is 2.17. The van der Waals surface area contributed by atoms with Crippen molar-refractivity contribution in [2.45, 2.75) is 45.8 Å². The molecule has 0 spiro atoms. The minimum Gasteiger partial charge on any atom is -0.444 e. The summed E-state index contributed by atoms with van der Waals surface area (Å²) in [7, 11) is 0. The second-order valence-electron chi connectivity index (χ2n) is 5.78. The Balaban J connectivity index is 2.25. The number of ether oxygens (including phenoxy) is 1. The van der Waals surface area contributed by atoms with Gasteiger partial charge in [-0.2, -0.15) is 0 Å². The zero-order valence-electron chi connectivity index (χ0n) is 12.7. The number of amides is 1. The monoisotopic (exact) mass is 276 g/mol. The molecule has 4 nitrogen and oxygen atoms in total. The number of nitrogens with one attached hydrogen (secondary N) is 1. The van der Waals surface area contributed by atoms with Gasteiger partial charge in [0.15, 0.2) is 0 Å². The minimum absolute atomic E-state index is 0.0396. The largest absolute Gasteiger partial charge is 0.444 e. The third-order valence-corrected chi connectivity index (χ3v) is 2.49. The molecule has 0 aliphatic rings. The zero-order valence-corrected chi connectivity index (χ0v) is 12.7. The van der Waals surface area contributed by atoms with Crippen LogP contribution in [0.1, 0.15) is 39.7 Å². The molecule has 0 unspecified atom stereocenters. The van der Waals surface area contributed by atoms with E-state index in [4.69, 9.17) is 4.74 Å². The van der Waals surface area contributed by atoms with E-state index < -0.39 is 5.60 Å². The Labute approximate surface area is 121 Å². The molecule has 0 aliphatic carbocycles. The van der Waals surface area contributed by atoms with Gasteiger partial charge in [0.25, 0.3) is 0 Å². The van der Waals surface area contributed by atoms with E-state index in [-0.39, 0.29) is 12.1 Å². The number of nitrogens with zero attached hydrogens (tertiary/aromatic N) is 1. The van der Waals surface area contributed by atoms with Crippen molar-refractivity contribution >= 4 is 12.3 Å². The van der Waals surface area contributed by atoms with E-state index >= 15 is 0 Å². The van der Waals surface area contributed by atoms with E-state index in [1.54, 1.807) is 0 Å². The lowest BCUT2D eigenvalue weighted by Gasteiger charge is -2.21. The van der Waals surface area contributed by atoms with E-state index in [1.165, 1.54) is 0 Å². The lowest BCUT2D eigenvalue weighted by molar-refractivity contribution is 0.0507. The van der Waals surface area contributed by atoms with Gasteiger partial charge in [-0.25, -0.2) is 4.79 Å². The molecular weight excluding hydrogens is 252 g/mol. The summed E-state index contributed by atoms with van der Waals surface area (Å²) in [6.07, 6.45) is 2.25. The highest BCUT2D eigenvalue weighted by atomic mass is 16.6. The van der Waals surface area contributed by atoms with Crippen LogP contribution in [0.15, 0.2) is 35.3 Å². The maximum absolute atomic E-state index is 11.6. The average Bonchev–Trinajstić information content (AvgIpc) is 2.33. The highest BCUT2D eigenvalue weighted by molar-refractivity contribution is 5.79. The summed E-state index contributed by atoms with van der Waals surface area (Å²) in [5, 5.41) is 2.80. The molecule has 110 valence electrons. The molecule has 1 N–H and O–H groups in total. The Morgan fingerprint density at radius 2 is 2.00 bits per heavy atom. The normalized spacial score (nSPS) is 13.2. The summed E-state index contributed by atoms with van der Waals surface area (Å²) in [6, 6.07) is 9.99. The van der Waals surface area contributed by atoms with Crippen molar-refractivity contribution in [2.24, 2.45) is 4.99 Å². The molecule has 1 aromatic carbocycles. The molecule has 1 atom stereocenters. The quantitative estimate of drug-likeness (QED) is 0.838. The second kappa shape index (κ2) is 7.68. The molecule has 1 aromatic rings. The topological polar surface area (TPSA) is 50.7 Å². The number of hydrogen-bond donors (Lipinski definition) is 1. The van der Waals surface area contributed by atoms with Crippen LogP contribution in [0.2, 0.25) is 0 Å². The van der Waals surface area contributed by atoms with Crippen LogP contribution >= 0.6 is 0 Å². The molecule has 20 heavy (non-hydrogen) atoms. The lowest BCUT2D eigenvalue weighted by Crippen LogP contribution is -2.37. The Kier molecular flexibility index (Phi) is 6.22. The first-order valence-corrected chi connectivity index (χ1v) is 6.91. The zero-order chi connectivity index (χ0) is 15.0. The van der Waals surface area contributed by atoms with E-state index in [2.05, 4.69) is 10.3 Å². The van der Waals surface area contributed by atoms with Crippen LogP contribution in [0, 0.1) is 0 Å². The Morgan fingerprint density at radius 3 is 2.60 bits per heavy atom. The van der Waals surface area contributed by atoms with Crippen LogP contribution in [0.3, 0.4) is 0 Å². The fraction of sp³-hybridized carbons (Fsp3) is 0.500. The maximum atomic E-state index is 11.6. The summed E-state index contributed by atoms with van der Waals surface area (Å²) >= 11 is 0. The van der Waals surface area contributed by atoms with Crippen molar-refractivity contribution in [3.63, 3.8) is 0 Å². The predicted molar refractivity (Wildman–Crippen MR) is 82.4 cm³/mol. The number of benzene rings is 1. The smallest absolute Gasteiger partial charge is 0.407 e. The van der Waals surface area contributed by atoms with Gasteiger partial charge in [-0.1, -0.05) is 30.3 Å². The Bertz CT molecular complexity index is 436. The number of alkyl carbamates (subject to hydrolysis) is 1. The van der Waals surface area contributed by atoms with Gasteiger partial charge in [0.05, 0.1) is 0 Å². The fourth-order valence-electron chi connectivity index (χ4n) is 1.56. The molecule has 0 fully saturated rings. The second-order valence-corrected chi connectivity index (χ2v) is 5.78. The number of rotatable bonds is 5. The highest BCUT2D eigenvalue weighted by Crippen LogP contribution is 2.07. The number of hydrogen-bond acceptors (Lipinski definition) is 3. The minimum atomic E-state index is -0.463. The maximum Gasteiger partial charge on any atom is 0.407 e. The Morgan fingerprint density at radius 1 is 1.35 bits per heavy atom. The van der Waals surface area contributed by atoms with Gasteiger partial charge in [0.2, 0.25) is 0 Å². The summed E-state index contributed by atoms with van der Waals surface area (Å²) in [5.41, 5.74) is 0.621. The first-order valence-electron chi connectivity index (χ1n) is 6.91. The standard InChI is InChI=1S/C16H24N2O2/c1-13(18-15(19)20-16(2,3)4)10-11-17-12-14-8-6-5-7-9-14/h5-9,12-13H,10-11H2,1-4H3,(H,18,19)/t13-/m1/s1. The van der Waals surface area contributed by atoms with Crippen molar-refractivity contribution < 1.29 is 9.53 Å². The van der Waals surface area contributed by atoms with Crippen LogP contribution in [-0.2, 0) is 4.74 Å². The number of carbonyl (C=O) groups excluding carboxylic acids is 1. The summed E-state index contributed by atoms with van der Waals surface area (Å²) < 4.78 is 5.20. The Hall–Kier alpha value is -1.84. The molecular formula is C16H24N2O2. The van der Waals surface area contributed by atoms with Crippen molar-refractivity contribution in [1.82, 2.24) is 5.32 Å². The third-order valence-electron chi connectivity index (χ3n) is 2.49. The predicted octanol–water partition coefficient (Wildman–Crippen LogP) is 3.41. The molecule has 0 heterocycles. The van der Waals surface area contributed by atoms with Crippen LogP contribution in [-0.4, -0.2) is 30.5 Å². The molecule has 1 amide bonds. The van der Waals surface area contributed by atoms with Crippen LogP contribution in [0.5, 0.6) is 0 Å². The van der Waals surface area contributed by atoms with E-state index in [9.17, 15) is 4.79 Å². The molecule has 0 aliphatic heterocycles. The van der Waals surface area contributed by atoms with Gasteiger partial charge in [0.1, 0.15) is 5.60 Å². The van der Waals surface area contributed by atoms with Crippen LogP contribution in [0.4, 0.5) is 4.79 Å². The van der Waals surface area contributed by atoms with Gasteiger partial charge in [-0.15, -0.1) is 0 Å². The van der Waals surface area contributed by atoms with E-state index in [0.717, 1.165) is 12.0 Å². The summed E-state index contributed by atoms with van der Waals surface area (Å²) in [4.78, 5) is 15.9. The van der Waals surface area contributed by atoms with Crippen molar-refractivity contribution in [2.75, 3.05) is 6.54 Å². The number of aliphatic imine (C=N–C) groups is 1. The molecule has 0 bridgehead atoms. The molecule has 0 aromatic heterocycles. The fourth-order valence-corrected chi connectivity index (χ4v) is 1.56. The first-order chi connectivity index (χ1) is 9.37. The SMILES string of the molecule is C[C@H](CCN=Cc1ccccc1)NC(=O)OC(C)(C)C. The van der Waals surface area contributed by atoms with Crippen LogP contribution in [0.25, 0.3) is 0 Å². The van der Waals surface area contributed by atoms with Gasteiger partial charge < -0.3 is 10.1 Å². The summed E-state index contributed by atoms with van der Waals surface area (Å²) in [6.45, 7) is 8.16. The van der Waals surface area contributed by atoms with Crippen molar-refractivity contribution in [3.05, 3.63) is 35.9 Å². The van der Waals surface area contributed by atoms with Gasteiger partial charge in [0, 0.05) is 18.8 Å². The lowest BCUT2D eigenvalue weighted by atomic mass is 10.2. The molecule has 0 saturated heterocycles. The van der Waals surface area contributed by atoms with Gasteiger partial charge >= 0.3 is 6.09 Å². The molecule has 0 radical (unpaired) electrons. The van der Waals surface area contributed by atoms with Crippen molar-refractivity contribution in [1.29, 1.82) is 0 Å². The molecule has 1 rings (SSSR count). The average molecular weight is 276 g/mol. The van der Waals surface area contributed by atoms with E-state index in [1.807, 2.05) is 64.2 Å². The van der Waals surface area contributed by atoms with Crippen molar-refractivity contribution in [3.8, 4) is 0 Å². The van der Waals surface area contributed by atoms with Gasteiger partial charge in [-0.3, -0.25) is 4.99 Å². The first kappa shape index (κ1) is 16.2. The third kappa shape index (κ3) is 7.56. The van der Waals surface area contributed by atoms with Gasteiger partial charge in [-0.05, 0) is 39.7 Å². The number of carbonyl (C=O) groups is 1.